The summed E-state index contributed by atoms with van der Waals surface area (Å²) in [5.74, 6) is -2.58. The smallest absolute Gasteiger partial charge is 0.226 e. The monoisotopic (exact) mass is 405 g/mol. The van der Waals surface area contributed by atoms with Crippen LogP contribution in [-0.2, 0) is 16.0 Å². The fourth-order valence-electron chi connectivity index (χ4n) is 3.34. The van der Waals surface area contributed by atoms with Crippen molar-refractivity contribution in [3.05, 3.63) is 59.2 Å². The molecule has 0 aliphatic carbocycles. The van der Waals surface area contributed by atoms with Crippen LogP contribution in [0, 0.1) is 17.7 Å². The van der Waals surface area contributed by atoms with Gasteiger partial charge in [-0.3, -0.25) is 9.59 Å². The van der Waals surface area contributed by atoms with Gasteiger partial charge in [0.1, 0.15) is 5.82 Å². The van der Waals surface area contributed by atoms with Crippen LogP contribution < -0.4 is 4.90 Å². The minimum atomic E-state index is -0.902. The van der Waals surface area contributed by atoms with Gasteiger partial charge in [-0.05, 0) is 36.2 Å². The summed E-state index contributed by atoms with van der Waals surface area (Å²) in [7, 11) is 1.53. The molecule has 2 heterocycles. The molecule has 8 heteroatoms. The Balaban J connectivity index is 1.54. The largest absolute Gasteiger partial charge is 0.341 e. The summed E-state index contributed by atoms with van der Waals surface area (Å²) in [6, 6.07) is 7.10. The molecular formula is C21H22F3N3O2. The molecular weight excluding hydrogens is 383 g/mol. The van der Waals surface area contributed by atoms with Gasteiger partial charge < -0.3 is 9.80 Å². The van der Waals surface area contributed by atoms with E-state index in [1.54, 1.807) is 24.0 Å². The van der Waals surface area contributed by atoms with Gasteiger partial charge >= 0.3 is 0 Å². The first-order valence-corrected chi connectivity index (χ1v) is 9.44. The average Bonchev–Trinajstić information content (AvgIpc) is 2.65. The number of halogens is 3. The number of hydrogen-bond acceptors (Lipinski definition) is 3. The van der Waals surface area contributed by atoms with Gasteiger partial charge in [0.25, 0.3) is 0 Å². The van der Waals surface area contributed by atoms with E-state index >= 15 is 0 Å². The number of benzene rings is 1. The molecule has 0 radical (unpaired) electrons. The van der Waals surface area contributed by atoms with Crippen molar-refractivity contribution in [1.82, 2.24) is 9.88 Å². The summed E-state index contributed by atoms with van der Waals surface area (Å²) < 4.78 is 40.8. The third kappa shape index (κ3) is 4.58. The normalized spacial score (nSPS) is 13.9. The first-order valence-electron chi connectivity index (χ1n) is 9.44. The van der Waals surface area contributed by atoms with E-state index in [0.717, 1.165) is 11.6 Å². The zero-order valence-corrected chi connectivity index (χ0v) is 16.3. The number of rotatable bonds is 6. The van der Waals surface area contributed by atoms with Crippen LogP contribution in [0.1, 0.15) is 36.8 Å². The predicted molar refractivity (Wildman–Crippen MR) is 102 cm³/mol. The van der Waals surface area contributed by atoms with Crippen LogP contribution in [0.5, 0.6) is 0 Å². The van der Waals surface area contributed by atoms with Crippen LogP contribution in [0.25, 0.3) is 0 Å². The number of carbonyl (C=O) groups is 2. The number of amides is 2. The number of likely N-dealkylation sites (tertiary alicyclic amines) is 1. The van der Waals surface area contributed by atoms with Gasteiger partial charge in [-0.15, -0.1) is 0 Å². The van der Waals surface area contributed by atoms with Crippen molar-refractivity contribution in [2.24, 2.45) is 0 Å². The van der Waals surface area contributed by atoms with Crippen LogP contribution >= 0.6 is 0 Å². The number of pyridine rings is 1. The Hall–Kier alpha value is -2.90. The Kier molecular flexibility index (Phi) is 6.20. The van der Waals surface area contributed by atoms with Crippen LogP contribution in [0.2, 0.25) is 0 Å². The van der Waals surface area contributed by atoms with Crippen molar-refractivity contribution in [3.63, 3.8) is 0 Å². The summed E-state index contributed by atoms with van der Waals surface area (Å²) in [5.41, 5.74) is 1.18. The van der Waals surface area contributed by atoms with Gasteiger partial charge in [0.15, 0.2) is 0 Å². The third-order valence-electron chi connectivity index (χ3n) is 5.22. The lowest BCUT2D eigenvalue weighted by atomic mass is 9.90. The highest BCUT2D eigenvalue weighted by Crippen LogP contribution is 2.31. The lowest BCUT2D eigenvalue weighted by Gasteiger charge is -2.40. The van der Waals surface area contributed by atoms with Gasteiger partial charge in [0.05, 0.1) is 5.69 Å². The second kappa shape index (κ2) is 8.63. The van der Waals surface area contributed by atoms with E-state index in [-0.39, 0.29) is 48.2 Å². The summed E-state index contributed by atoms with van der Waals surface area (Å²) in [6.45, 7) is 2.61. The summed E-state index contributed by atoms with van der Waals surface area (Å²) >= 11 is 0. The lowest BCUT2D eigenvalue weighted by molar-refractivity contribution is -0.135. The Morgan fingerprint density at radius 3 is 2.52 bits per heavy atom. The van der Waals surface area contributed by atoms with Crippen LogP contribution in [0.4, 0.5) is 18.9 Å². The minimum Gasteiger partial charge on any atom is -0.341 e. The summed E-state index contributed by atoms with van der Waals surface area (Å²) in [5, 5.41) is 0. The van der Waals surface area contributed by atoms with Crippen molar-refractivity contribution in [3.8, 4) is 0 Å². The molecule has 29 heavy (non-hydrogen) atoms. The quantitative estimate of drug-likeness (QED) is 0.692. The van der Waals surface area contributed by atoms with E-state index in [0.29, 0.717) is 13.1 Å². The first kappa shape index (κ1) is 20.8. The molecule has 0 spiro atoms. The summed E-state index contributed by atoms with van der Waals surface area (Å²) in [4.78, 5) is 30.0. The van der Waals surface area contributed by atoms with E-state index < -0.39 is 17.7 Å². The third-order valence-corrected chi connectivity index (χ3v) is 5.22. The van der Waals surface area contributed by atoms with E-state index in [1.165, 1.54) is 24.1 Å². The van der Waals surface area contributed by atoms with Gasteiger partial charge in [-0.1, -0.05) is 13.0 Å². The second-order valence-electron chi connectivity index (χ2n) is 7.10. The molecule has 1 aromatic heterocycles. The summed E-state index contributed by atoms with van der Waals surface area (Å²) in [6.07, 6.45) is 0.518. The Morgan fingerprint density at radius 1 is 1.17 bits per heavy atom. The second-order valence-corrected chi connectivity index (χ2v) is 7.10. The molecule has 0 bridgehead atoms. The topological polar surface area (TPSA) is 53.5 Å². The fourth-order valence-corrected chi connectivity index (χ4v) is 3.34. The number of carbonyl (C=O) groups excluding carboxylic acids is 2. The van der Waals surface area contributed by atoms with Crippen molar-refractivity contribution >= 4 is 17.5 Å². The lowest BCUT2D eigenvalue weighted by Crippen LogP contribution is -2.48. The molecule has 0 atom stereocenters. The Labute approximate surface area is 167 Å². The molecule has 1 saturated heterocycles. The van der Waals surface area contributed by atoms with Crippen molar-refractivity contribution in [2.45, 2.75) is 32.1 Å². The van der Waals surface area contributed by atoms with E-state index in [2.05, 4.69) is 4.98 Å². The van der Waals surface area contributed by atoms with E-state index in [4.69, 9.17) is 0 Å². The highest BCUT2D eigenvalue weighted by molar-refractivity contribution is 5.92. The number of aryl methyl sites for hydroxylation is 1. The highest BCUT2D eigenvalue weighted by Gasteiger charge is 2.32. The van der Waals surface area contributed by atoms with E-state index in [1.807, 2.05) is 0 Å². The standard InChI is InChI=1S/C21H22F3N3O2/c1-3-19(28)26(2)17-7-4-14(10-16(17)22)15-11-27(12-15)20(29)9-6-13-5-8-18(23)25-21(13)24/h4-5,7-8,10,15H,3,6,9,11-12H2,1-2H3. The maximum atomic E-state index is 14.4. The number of nitrogens with zero attached hydrogens (tertiary/aromatic N) is 3. The molecule has 3 rings (SSSR count). The Bertz CT molecular complexity index is 929. The number of aromatic nitrogens is 1. The molecule has 0 saturated carbocycles. The van der Waals surface area contributed by atoms with Crippen LogP contribution in [0.15, 0.2) is 30.3 Å². The molecule has 1 fully saturated rings. The van der Waals surface area contributed by atoms with Gasteiger partial charge in [0.2, 0.25) is 23.7 Å². The van der Waals surface area contributed by atoms with Crippen LogP contribution in [-0.4, -0.2) is 41.8 Å². The minimum absolute atomic E-state index is 0.0129. The molecule has 0 unspecified atom stereocenters. The van der Waals surface area contributed by atoms with Gasteiger partial charge in [0, 0.05) is 44.5 Å². The SMILES string of the molecule is CCC(=O)N(C)c1ccc(C2CN(C(=O)CCc3ccc(F)nc3F)C2)cc1F. The Morgan fingerprint density at radius 2 is 1.90 bits per heavy atom. The van der Waals surface area contributed by atoms with E-state index in [9.17, 15) is 22.8 Å². The predicted octanol–water partition coefficient (Wildman–Crippen LogP) is 3.43. The molecule has 0 N–H and O–H groups in total. The average molecular weight is 405 g/mol. The highest BCUT2D eigenvalue weighted by atomic mass is 19.1. The van der Waals surface area contributed by atoms with Gasteiger partial charge in [-0.25, -0.2) is 4.39 Å². The molecule has 5 nitrogen and oxygen atoms in total. The van der Waals surface area contributed by atoms with Gasteiger partial charge in [-0.2, -0.15) is 13.8 Å². The molecule has 154 valence electrons. The number of anilines is 1. The number of hydrogen-bond donors (Lipinski definition) is 0. The van der Waals surface area contributed by atoms with Crippen molar-refractivity contribution in [1.29, 1.82) is 0 Å². The fraction of sp³-hybridized carbons (Fsp3) is 0.381. The van der Waals surface area contributed by atoms with Crippen molar-refractivity contribution < 1.29 is 22.8 Å². The van der Waals surface area contributed by atoms with Crippen molar-refractivity contribution in [2.75, 3.05) is 25.0 Å². The molecule has 1 aliphatic heterocycles. The van der Waals surface area contributed by atoms with Crippen LogP contribution in [0.3, 0.4) is 0 Å². The zero-order chi connectivity index (χ0) is 21.1. The molecule has 2 aromatic rings. The molecule has 1 aliphatic rings. The molecule has 1 aromatic carbocycles. The maximum Gasteiger partial charge on any atom is 0.226 e. The molecule has 2 amide bonds. The maximum absolute atomic E-state index is 14.4. The first-order chi connectivity index (χ1) is 13.8. The zero-order valence-electron chi connectivity index (χ0n) is 16.3.